The third-order valence-corrected chi connectivity index (χ3v) is 8.36. The van der Waals surface area contributed by atoms with Gasteiger partial charge in [-0.3, -0.25) is 0 Å². The van der Waals surface area contributed by atoms with Crippen LogP contribution >= 0.6 is 0 Å². The molecule has 0 atom stereocenters. The Hall–Kier alpha value is -4.36. The van der Waals surface area contributed by atoms with Crippen LogP contribution in [0.4, 0.5) is 0 Å². The Morgan fingerprint density at radius 2 is 0.971 bits per heavy atom. The summed E-state index contributed by atoms with van der Waals surface area (Å²) in [7, 11) is 0. The van der Waals surface area contributed by atoms with Gasteiger partial charge >= 0.3 is 0 Å². The van der Waals surface area contributed by atoms with Crippen molar-refractivity contribution in [2.45, 2.75) is 12.8 Å². The topological polar surface area (TPSA) is 4.41 Å². The molecule has 162 valence electrons. The first-order valence-electron chi connectivity index (χ1n) is 12.5. The normalized spacial score (nSPS) is 13.5. The van der Waals surface area contributed by atoms with Gasteiger partial charge in [0.25, 0.3) is 0 Å². The third-order valence-electron chi connectivity index (χ3n) is 8.36. The maximum atomic E-state index is 2.50. The Kier molecular flexibility index (Phi) is 3.19. The molecule has 0 spiro atoms. The molecule has 0 radical (unpaired) electrons. The predicted molar refractivity (Wildman–Crippen MR) is 146 cm³/mol. The lowest BCUT2D eigenvalue weighted by molar-refractivity contribution is 1.26. The minimum Gasteiger partial charge on any atom is -0.309 e. The van der Waals surface area contributed by atoms with E-state index < -0.39 is 0 Å². The summed E-state index contributed by atoms with van der Waals surface area (Å²) >= 11 is 0. The number of pyridine rings is 1. The molecule has 2 aliphatic rings. The molecule has 0 fully saturated rings. The summed E-state index contributed by atoms with van der Waals surface area (Å²) in [6.45, 7) is 0. The maximum absolute atomic E-state index is 2.50. The van der Waals surface area contributed by atoms with E-state index in [2.05, 4.69) is 108 Å². The predicted octanol–water partition coefficient (Wildman–Crippen LogP) is 8.54. The van der Waals surface area contributed by atoms with E-state index in [1.165, 1.54) is 82.6 Å². The van der Waals surface area contributed by atoms with Crippen molar-refractivity contribution in [1.82, 2.24) is 4.40 Å². The average molecular weight is 444 g/mol. The Balaban J connectivity index is 1.49. The van der Waals surface area contributed by atoms with Gasteiger partial charge in [0.2, 0.25) is 0 Å². The van der Waals surface area contributed by atoms with Crippen LogP contribution < -0.4 is 0 Å². The Morgan fingerprint density at radius 1 is 0.400 bits per heavy atom. The highest BCUT2D eigenvalue weighted by atomic mass is 14.9. The zero-order valence-electron chi connectivity index (χ0n) is 19.2. The summed E-state index contributed by atoms with van der Waals surface area (Å²) in [5, 5.41) is 5.38. The first-order chi connectivity index (χ1) is 17.3. The Labute approximate surface area is 202 Å². The molecule has 0 bridgehead atoms. The van der Waals surface area contributed by atoms with Gasteiger partial charge in [-0.1, -0.05) is 66.7 Å². The van der Waals surface area contributed by atoms with Crippen LogP contribution in [-0.4, -0.2) is 4.40 Å². The van der Waals surface area contributed by atoms with Crippen molar-refractivity contribution >= 4 is 38.1 Å². The number of rotatable bonds is 0. The van der Waals surface area contributed by atoms with Crippen molar-refractivity contribution < 1.29 is 0 Å². The summed E-state index contributed by atoms with van der Waals surface area (Å²) < 4.78 is 2.50. The molecule has 0 aliphatic heterocycles. The molecule has 7 aromatic rings. The van der Waals surface area contributed by atoms with Crippen LogP contribution in [0, 0.1) is 0 Å². The molecule has 0 saturated carbocycles. The first-order valence-corrected chi connectivity index (χ1v) is 12.5. The maximum Gasteiger partial charge on any atom is 0.0547 e. The number of nitrogens with zero attached hydrogens (tertiary/aromatic N) is 1. The smallest absolute Gasteiger partial charge is 0.0547 e. The molecule has 2 heterocycles. The average Bonchev–Trinajstić information content (AvgIpc) is 3.57. The van der Waals surface area contributed by atoms with Crippen LogP contribution in [-0.2, 0) is 12.8 Å². The number of hydrogen-bond acceptors (Lipinski definition) is 0. The molecule has 2 aromatic heterocycles. The number of benzene rings is 5. The molecule has 0 unspecified atom stereocenters. The highest BCUT2D eigenvalue weighted by molar-refractivity contribution is 6.18. The van der Waals surface area contributed by atoms with E-state index in [1.54, 1.807) is 0 Å². The van der Waals surface area contributed by atoms with E-state index in [0.717, 1.165) is 12.8 Å². The highest BCUT2D eigenvalue weighted by Crippen LogP contribution is 2.45. The number of hydrogen-bond donors (Lipinski definition) is 0. The fraction of sp³-hybridized carbons (Fsp3) is 0.0588. The van der Waals surface area contributed by atoms with Crippen LogP contribution in [0.5, 0.6) is 0 Å². The molecule has 1 nitrogen and oxygen atoms in total. The lowest BCUT2D eigenvalue weighted by Gasteiger charge is -2.14. The van der Waals surface area contributed by atoms with E-state index in [0.29, 0.717) is 0 Å². The zero-order valence-corrected chi connectivity index (χ0v) is 19.2. The molecular formula is C34H21N. The van der Waals surface area contributed by atoms with Crippen LogP contribution in [0.25, 0.3) is 60.3 Å². The second-order valence-electron chi connectivity index (χ2n) is 10.2. The Bertz CT molecular complexity index is 2050. The fourth-order valence-corrected chi connectivity index (χ4v) is 6.80. The third kappa shape index (κ3) is 2.24. The number of fused-ring (bicyclic) bond motifs is 14. The van der Waals surface area contributed by atoms with Gasteiger partial charge in [-0.05, 0) is 99.1 Å². The van der Waals surface area contributed by atoms with Crippen LogP contribution in [0.2, 0.25) is 0 Å². The van der Waals surface area contributed by atoms with Gasteiger partial charge in [0, 0.05) is 16.2 Å². The van der Waals surface area contributed by atoms with Crippen LogP contribution in [0.3, 0.4) is 0 Å². The van der Waals surface area contributed by atoms with E-state index >= 15 is 0 Å². The molecule has 2 aliphatic carbocycles. The monoisotopic (exact) mass is 443 g/mol. The SMILES string of the molecule is c1ccc2c(c1)Cc1cc3c4cc5c(cc4n4c6ccccc6cc4c3cc1-2)-c1ccccc1C5. The summed E-state index contributed by atoms with van der Waals surface area (Å²) in [6, 6.07) is 38.9. The van der Waals surface area contributed by atoms with Crippen molar-refractivity contribution in [1.29, 1.82) is 0 Å². The first kappa shape index (κ1) is 18.0. The van der Waals surface area contributed by atoms with Crippen molar-refractivity contribution in [2.75, 3.05) is 0 Å². The molecule has 0 saturated heterocycles. The molecule has 5 aromatic carbocycles. The highest BCUT2D eigenvalue weighted by Gasteiger charge is 2.24. The van der Waals surface area contributed by atoms with Gasteiger partial charge in [-0.2, -0.15) is 0 Å². The summed E-state index contributed by atoms with van der Waals surface area (Å²) in [5.74, 6) is 0. The van der Waals surface area contributed by atoms with E-state index in [-0.39, 0.29) is 0 Å². The van der Waals surface area contributed by atoms with Gasteiger partial charge in [0.05, 0.1) is 16.6 Å². The lowest BCUT2D eigenvalue weighted by Crippen LogP contribution is -1.94. The minimum atomic E-state index is 1.02. The van der Waals surface area contributed by atoms with Crippen molar-refractivity contribution in [3.63, 3.8) is 0 Å². The van der Waals surface area contributed by atoms with Crippen molar-refractivity contribution in [3.05, 3.63) is 125 Å². The number of para-hydroxylation sites is 1. The molecule has 0 amide bonds. The minimum absolute atomic E-state index is 1.02. The second-order valence-corrected chi connectivity index (χ2v) is 10.2. The molecular weight excluding hydrogens is 422 g/mol. The van der Waals surface area contributed by atoms with Gasteiger partial charge in [0.15, 0.2) is 0 Å². The Morgan fingerprint density at radius 3 is 1.74 bits per heavy atom. The van der Waals surface area contributed by atoms with Crippen LogP contribution in [0.1, 0.15) is 22.3 Å². The van der Waals surface area contributed by atoms with Crippen molar-refractivity contribution in [2.24, 2.45) is 0 Å². The van der Waals surface area contributed by atoms with Gasteiger partial charge < -0.3 is 4.40 Å². The van der Waals surface area contributed by atoms with E-state index in [1.807, 2.05) is 0 Å². The second kappa shape index (κ2) is 6.20. The largest absolute Gasteiger partial charge is 0.309 e. The van der Waals surface area contributed by atoms with Gasteiger partial charge in [0.1, 0.15) is 0 Å². The molecule has 1 heteroatoms. The lowest BCUT2D eigenvalue weighted by atomic mass is 9.95. The fourth-order valence-electron chi connectivity index (χ4n) is 6.80. The van der Waals surface area contributed by atoms with Gasteiger partial charge in [-0.25, -0.2) is 0 Å². The molecule has 0 N–H and O–H groups in total. The molecule has 9 rings (SSSR count). The summed E-state index contributed by atoms with van der Waals surface area (Å²) in [5.41, 5.74) is 15.2. The zero-order chi connectivity index (χ0) is 22.7. The quantitative estimate of drug-likeness (QED) is 0.207. The van der Waals surface area contributed by atoms with Gasteiger partial charge in [-0.15, -0.1) is 0 Å². The van der Waals surface area contributed by atoms with E-state index in [9.17, 15) is 0 Å². The standard InChI is InChI=1S/C34H21N/c1-4-10-25-20(7-1)13-23-15-29-30-16-24-14-21-8-2-5-11-26(21)28(24)19-34(30)35-32-12-6-3-9-22(32)17-33(35)31(29)18-27(23)25/h1-12,15-19H,13-14H2. The molecule has 35 heavy (non-hydrogen) atoms. The summed E-state index contributed by atoms with van der Waals surface area (Å²) in [4.78, 5) is 0. The number of aromatic nitrogens is 1. The summed E-state index contributed by atoms with van der Waals surface area (Å²) in [6.07, 6.45) is 2.04. The van der Waals surface area contributed by atoms with Crippen molar-refractivity contribution in [3.8, 4) is 22.3 Å². The van der Waals surface area contributed by atoms with E-state index in [4.69, 9.17) is 0 Å². The van der Waals surface area contributed by atoms with Crippen LogP contribution in [0.15, 0.2) is 103 Å².